The highest BCUT2D eigenvalue weighted by Crippen LogP contribution is 2.02. The third-order valence-electron chi connectivity index (χ3n) is 2.54. The molecule has 4 heteroatoms. The number of nitrogens with zero attached hydrogens (tertiary/aromatic N) is 1. The van der Waals surface area contributed by atoms with Gasteiger partial charge in [-0.1, -0.05) is 13.0 Å². The van der Waals surface area contributed by atoms with Crippen molar-refractivity contribution in [1.82, 2.24) is 10.3 Å². The highest BCUT2D eigenvalue weighted by molar-refractivity contribution is 5.76. The zero-order valence-electron chi connectivity index (χ0n) is 9.86. The molecule has 4 nitrogen and oxygen atoms in total. The maximum atomic E-state index is 11.5. The van der Waals surface area contributed by atoms with Crippen LogP contribution in [-0.2, 0) is 11.3 Å². The number of hydrogen-bond donors (Lipinski definition) is 2. The molecule has 0 fully saturated rings. The van der Waals surface area contributed by atoms with Gasteiger partial charge in [0.1, 0.15) is 0 Å². The zero-order valence-corrected chi connectivity index (χ0v) is 9.86. The molecule has 0 bridgehead atoms. The Labute approximate surface area is 96.3 Å². The molecular weight excluding hydrogens is 202 g/mol. The first-order valence-electron chi connectivity index (χ1n) is 5.56. The summed E-state index contributed by atoms with van der Waals surface area (Å²) in [6.07, 6.45) is 2.92. The monoisotopic (exact) mass is 221 g/mol. The summed E-state index contributed by atoms with van der Waals surface area (Å²) in [5, 5.41) is 2.82. The van der Waals surface area contributed by atoms with E-state index in [0.29, 0.717) is 13.0 Å². The molecule has 0 radical (unpaired) electrons. The minimum Gasteiger partial charge on any atom is -0.350 e. The number of pyridine rings is 1. The van der Waals surface area contributed by atoms with E-state index in [4.69, 9.17) is 5.73 Å². The van der Waals surface area contributed by atoms with E-state index in [0.717, 1.165) is 17.7 Å². The van der Waals surface area contributed by atoms with E-state index in [1.807, 2.05) is 26.0 Å². The Bertz CT molecular complexity index is 352. The molecule has 1 aromatic heterocycles. The number of aromatic nitrogens is 1. The molecule has 0 aromatic carbocycles. The van der Waals surface area contributed by atoms with Gasteiger partial charge in [-0.2, -0.15) is 0 Å². The Kier molecular flexibility index (Phi) is 4.92. The average molecular weight is 221 g/mol. The van der Waals surface area contributed by atoms with Gasteiger partial charge in [0.2, 0.25) is 5.91 Å². The first-order chi connectivity index (χ1) is 7.63. The van der Waals surface area contributed by atoms with Crippen LogP contribution < -0.4 is 11.1 Å². The van der Waals surface area contributed by atoms with Gasteiger partial charge >= 0.3 is 0 Å². The highest BCUT2D eigenvalue weighted by Gasteiger charge is 2.07. The molecule has 0 spiro atoms. The smallest absolute Gasteiger partial charge is 0.221 e. The lowest BCUT2D eigenvalue weighted by Gasteiger charge is -2.10. The number of rotatable bonds is 5. The average Bonchev–Trinajstić information content (AvgIpc) is 2.28. The van der Waals surface area contributed by atoms with Crippen molar-refractivity contribution in [3.63, 3.8) is 0 Å². The van der Waals surface area contributed by atoms with Crippen LogP contribution in [0.25, 0.3) is 0 Å². The number of nitrogens with one attached hydrogen (secondary N) is 1. The summed E-state index contributed by atoms with van der Waals surface area (Å²) >= 11 is 0. The van der Waals surface area contributed by atoms with Gasteiger partial charge in [0.15, 0.2) is 0 Å². The summed E-state index contributed by atoms with van der Waals surface area (Å²) in [4.78, 5) is 15.7. The lowest BCUT2D eigenvalue weighted by Crippen LogP contribution is -2.31. The van der Waals surface area contributed by atoms with Crippen molar-refractivity contribution < 1.29 is 4.79 Å². The first-order valence-corrected chi connectivity index (χ1v) is 5.56. The molecule has 1 unspecified atom stereocenters. The van der Waals surface area contributed by atoms with E-state index >= 15 is 0 Å². The van der Waals surface area contributed by atoms with E-state index in [2.05, 4.69) is 10.3 Å². The van der Waals surface area contributed by atoms with Gasteiger partial charge in [-0.15, -0.1) is 0 Å². The van der Waals surface area contributed by atoms with Crippen LogP contribution in [0.1, 0.15) is 31.0 Å². The number of aryl methyl sites for hydroxylation is 1. The second kappa shape index (κ2) is 6.23. The van der Waals surface area contributed by atoms with Crippen molar-refractivity contribution in [2.24, 2.45) is 5.73 Å². The fraction of sp³-hybridized carbons (Fsp3) is 0.500. The van der Waals surface area contributed by atoms with E-state index in [1.165, 1.54) is 0 Å². The number of amides is 1. The van der Waals surface area contributed by atoms with Crippen LogP contribution in [0.15, 0.2) is 18.3 Å². The molecule has 1 atom stereocenters. The molecule has 1 amide bonds. The number of carbonyl (C=O) groups is 1. The molecule has 0 aliphatic heterocycles. The van der Waals surface area contributed by atoms with Crippen molar-refractivity contribution in [3.05, 3.63) is 29.6 Å². The van der Waals surface area contributed by atoms with Crippen LogP contribution in [-0.4, -0.2) is 16.9 Å². The van der Waals surface area contributed by atoms with Crippen LogP contribution in [0, 0.1) is 6.92 Å². The second-order valence-corrected chi connectivity index (χ2v) is 3.92. The maximum Gasteiger partial charge on any atom is 0.221 e. The van der Waals surface area contributed by atoms with Crippen LogP contribution in [0.3, 0.4) is 0 Å². The Hall–Kier alpha value is -1.42. The van der Waals surface area contributed by atoms with E-state index in [9.17, 15) is 4.79 Å². The molecule has 3 N–H and O–H groups in total. The zero-order chi connectivity index (χ0) is 12.0. The van der Waals surface area contributed by atoms with Crippen LogP contribution >= 0.6 is 0 Å². The molecule has 88 valence electrons. The third-order valence-corrected chi connectivity index (χ3v) is 2.54. The van der Waals surface area contributed by atoms with Crippen LogP contribution in [0.4, 0.5) is 0 Å². The summed E-state index contributed by atoms with van der Waals surface area (Å²) in [5.74, 6) is -0.0144. The topological polar surface area (TPSA) is 68.0 Å². The normalized spacial score (nSPS) is 12.2. The number of carbonyl (C=O) groups excluding carboxylic acids is 1. The standard InChI is InChI=1S/C12H19N3O/c1-3-10(13)7-12(16)15-8-11-9(2)5-4-6-14-11/h4-6,10H,3,7-8,13H2,1-2H3,(H,15,16). The van der Waals surface area contributed by atoms with Gasteiger partial charge in [-0.3, -0.25) is 9.78 Å². The highest BCUT2D eigenvalue weighted by atomic mass is 16.1. The minimum atomic E-state index is -0.0511. The quantitative estimate of drug-likeness (QED) is 0.783. The molecule has 0 aliphatic rings. The van der Waals surface area contributed by atoms with Crippen LogP contribution in [0.5, 0.6) is 0 Å². The Morgan fingerprint density at radius 2 is 2.38 bits per heavy atom. The van der Waals surface area contributed by atoms with Crippen LogP contribution in [0.2, 0.25) is 0 Å². The Morgan fingerprint density at radius 3 is 3.00 bits per heavy atom. The molecule has 0 saturated heterocycles. The maximum absolute atomic E-state index is 11.5. The summed E-state index contributed by atoms with van der Waals surface area (Å²) in [6, 6.07) is 3.81. The summed E-state index contributed by atoms with van der Waals surface area (Å²) < 4.78 is 0. The van der Waals surface area contributed by atoms with Gasteiger partial charge < -0.3 is 11.1 Å². The molecule has 1 heterocycles. The van der Waals surface area contributed by atoms with Gasteiger partial charge in [-0.05, 0) is 25.0 Å². The number of nitrogens with two attached hydrogens (primary N) is 1. The largest absolute Gasteiger partial charge is 0.350 e. The molecule has 1 rings (SSSR count). The fourth-order valence-electron chi connectivity index (χ4n) is 1.34. The van der Waals surface area contributed by atoms with Crippen molar-refractivity contribution in [1.29, 1.82) is 0 Å². The molecular formula is C12H19N3O. The Balaban J connectivity index is 2.40. The predicted octanol–water partition coefficient (Wildman–Crippen LogP) is 1.13. The fourth-order valence-corrected chi connectivity index (χ4v) is 1.34. The van der Waals surface area contributed by atoms with Gasteiger partial charge in [0, 0.05) is 18.7 Å². The Morgan fingerprint density at radius 1 is 1.62 bits per heavy atom. The van der Waals surface area contributed by atoms with Gasteiger partial charge in [0.25, 0.3) is 0 Å². The molecule has 1 aromatic rings. The van der Waals surface area contributed by atoms with Crippen molar-refractivity contribution in [3.8, 4) is 0 Å². The second-order valence-electron chi connectivity index (χ2n) is 3.92. The van der Waals surface area contributed by atoms with E-state index in [1.54, 1.807) is 6.20 Å². The lowest BCUT2D eigenvalue weighted by atomic mass is 10.1. The lowest BCUT2D eigenvalue weighted by molar-refractivity contribution is -0.121. The molecule has 0 saturated carbocycles. The van der Waals surface area contributed by atoms with Crippen molar-refractivity contribution in [2.75, 3.05) is 0 Å². The summed E-state index contributed by atoms with van der Waals surface area (Å²) in [6.45, 7) is 4.43. The van der Waals surface area contributed by atoms with E-state index in [-0.39, 0.29) is 11.9 Å². The van der Waals surface area contributed by atoms with Crippen molar-refractivity contribution in [2.45, 2.75) is 39.3 Å². The predicted molar refractivity (Wildman–Crippen MR) is 63.7 cm³/mol. The summed E-state index contributed by atoms with van der Waals surface area (Å²) in [7, 11) is 0. The third kappa shape index (κ3) is 3.98. The van der Waals surface area contributed by atoms with E-state index < -0.39 is 0 Å². The molecule has 0 aliphatic carbocycles. The first kappa shape index (κ1) is 12.6. The van der Waals surface area contributed by atoms with Gasteiger partial charge in [0.05, 0.1) is 12.2 Å². The minimum absolute atomic E-state index is 0.0144. The van der Waals surface area contributed by atoms with Crippen molar-refractivity contribution >= 4 is 5.91 Å². The number of hydrogen-bond acceptors (Lipinski definition) is 3. The molecule has 16 heavy (non-hydrogen) atoms. The summed E-state index contributed by atoms with van der Waals surface area (Å²) in [5.41, 5.74) is 7.69. The SMILES string of the molecule is CCC(N)CC(=O)NCc1ncccc1C. The van der Waals surface area contributed by atoms with Gasteiger partial charge in [-0.25, -0.2) is 0 Å².